The van der Waals surface area contributed by atoms with Crippen molar-refractivity contribution < 1.29 is 22.0 Å². The maximum absolute atomic E-state index is 13.8. The third-order valence-corrected chi connectivity index (χ3v) is 3.95. The van der Waals surface area contributed by atoms with Gasteiger partial charge < -0.3 is 4.90 Å². The fourth-order valence-electron chi connectivity index (χ4n) is 2.65. The van der Waals surface area contributed by atoms with Crippen molar-refractivity contribution in [2.45, 2.75) is 26.2 Å². The van der Waals surface area contributed by atoms with E-state index in [0.29, 0.717) is 13.1 Å². The van der Waals surface area contributed by atoms with Crippen LogP contribution >= 0.6 is 0 Å². The summed E-state index contributed by atoms with van der Waals surface area (Å²) in [6, 6.07) is 0. The summed E-state index contributed by atoms with van der Waals surface area (Å²) in [4.78, 5) is 3.37. The van der Waals surface area contributed by atoms with Crippen molar-refractivity contribution in [1.82, 2.24) is 4.90 Å². The molecule has 1 aliphatic heterocycles. The Balaban J connectivity index is 2.09. The molecule has 1 saturated heterocycles. The molecule has 2 nitrogen and oxygen atoms in total. The molecule has 1 aliphatic rings. The van der Waals surface area contributed by atoms with Crippen LogP contribution in [0.25, 0.3) is 0 Å². The summed E-state index contributed by atoms with van der Waals surface area (Å²) in [7, 11) is 0. The van der Waals surface area contributed by atoms with Crippen LogP contribution in [0.5, 0.6) is 0 Å². The Labute approximate surface area is 126 Å². The summed E-state index contributed by atoms with van der Waals surface area (Å²) >= 11 is 0. The van der Waals surface area contributed by atoms with Gasteiger partial charge in [0.25, 0.3) is 0 Å². The van der Waals surface area contributed by atoms with Crippen LogP contribution in [0, 0.1) is 29.1 Å². The molecule has 7 heteroatoms. The van der Waals surface area contributed by atoms with Crippen LogP contribution in [-0.4, -0.2) is 37.6 Å². The van der Waals surface area contributed by atoms with E-state index in [1.54, 1.807) is 0 Å². The van der Waals surface area contributed by atoms with Crippen molar-refractivity contribution in [3.63, 3.8) is 0 Å². The Hall–Kier alpha value is -1.37. The first-order chi connectivity index (χ1) is 10.5. The van der Waals surface area contributed by atoms with Gasteiger partial charge in [0.2, 0.25) is 5.82 Å². The van der Waals surface area contributed by atoms with Gasteiger partial charge in [0.15, 0.2) is 23.3 Å². The minimum absolute atomic E-state index is 0.241. The van der Waals surface area contributed by atoms with Gasteiger partial charge in [-0.1, -0.05) is 19.8 Å². The van der Waals surface area contributed by atoms with Gasteiger partial charge in [0.1, 0.15) is 5.69 Å². The summed E-state index contributed by atoms with van der Waals surface area (Å²) in [6.45, 7) is 4.56. The Morgan fingerprint density at radius 1 is 0.727 bits per heavy atom. The number of halogens is 5. The molecule has 0 aliphatic carbocycles. The van der Waals surface area contributed by atoms with Gasteiger partial charge in [0, 0.05) is 26.2 Å². The molecule has 0 atom stereocenters. The zero-order valence-corrected chi connectivity index (χ0v) is 12.4. The van der Waals surface area contributed by atoms with Crippen molar-refractivity contribution in [2.75, 3.05) is 37.6 Å². The monoisotopic (exact) mass is 322 g/mol. The second kappa shape index (κ2) is 7.26. The van der Waals surface area contributed by atoms with Crippen molar-refractivity contribution >= 4 is 5.69 Å². The smallest absolute Gasteiger partial charge is 0.200 e. The summed E-state index contributed by atoms with van der Waals surface area (Å²) in [5.74, 6) is -9.40. The minimum atomic E-state index is -2.11. The van der Waals surface area contributed by atoms with E-state index in [1.807, 2.05) is 0 Å². The Bertz CT molecular complexity index is 498. The molecule has 0 bridgehead atoms. The van der Waals surface area contributed by atoms with Gasteiger partial charge in [-0.25, -0.2) is 22.0 Å². The van der Waals surface area contributed by atoms with Crippen LogP contribution < -0.4 is 4.90 Å². The Morgan fingerprint density at radius 3 is 1.73 bits per heavy atom. The first-order valence-electron chi connectivity index (χ1n) is 7.46. The zero-order chi connectivity index (χ0) is 16.3. The summed E-state index contributed by atoms with van der Waals surface area (Å²) in [5.41, 5.74) is -0.815. The van der Waals surface area contributed by atoms with E-state index < -0.39 is 34.8 Å². The molecule has 2 rings (SSSR count). The molecule has 1 fully saturated rings. The van der Waals surface area contributed by atoms with E-state index in [9.17, 15) is 22.0 Å². The molecule has 1 heterocycles. The van der Waals surface area contributed by atoms with Gasteiger partial charge in [-0.05, 0) is 13.0 Å². The normalized spacial score (nSPS) is 16.4. The lowest BCUT2D eigenvalue weighted by atomic mass is 10.2. The van der Waals surface area contributed by atoms with Crippen molar-refractivity contribution in [1.29, 1.82) is 0 Å². The molecule has 0 saturated carbocycles. The summed E-state index contributed by atoms with van der Waals surface area (Å²) < 4.78 is 67.0. The number of nitrogens with zero attached hydrogens (tertiary/aromatic N) is 2. The van der Waals surface area contributed by atoms with Crippen molar-refractivity contribution in [3.05, 3.63) is 29.1 Å². The predicted molar refractivity (Wildman–Crippen MR) is 74.4 cm³/mol. The van der Waals surface area contributed by atoms with Gasteiger partial charge >= 0.3 is 0 Å². The third kappa shape index (κ3) is 3.34. The van der Waals surface area contributed by atoms with E-state index >= 15 is 0 Å². The zero-order valence-electron chi connectivity index (χ0n) is 12.4. The lowest BCUT2D eigenvalue weighted by Crippen LogP contribution is -2.47. The van der Waals surface area contributed by atoms with E-state index in [4.69, 9.17) is 0 Å². The topological polar surface area (TPSA) is 6.48 Å². The molecular formula is C15H19F5N2. The highest BCUT2D eigenvalue weighted by atomic mass is 19.2. The Kier molecular flexibility index (Phi) is 5.61. The fourth-order valence-corrected chi connectivity index (χ4v) is 2.65. The highest BCUT2D eigenvalue weighted by molar-refractivity contribution is 5.51. The summed E-state index contributed by atoms with van der Waals surface area (Å²) in [5, 5.41) is 0. The molecule has 1 aromatic rings. The third-order valence-electron chi connectivity index (χ3n) is 3.95. The second-order valence-corrected chi connectivity index (χ2v) is 5.45. The quantitative estimate of drug-likeness (QED) is 0.353. The highest BCUT2D eigenvalue weighted by Gasteiger charge is 2.30. The molecule has 1 aromatic carbocycles. The molecule has 0 aromatic heterocycles. The van der Waals surface area contributed by atoms with Crippen LogP contribution in [0.4, 0.5) is 27.6 Å². The number of piperazine rings is 1. The van der Waals surface area contributed by atoms with Gasteiger partial charge in [-0.15, -0.1) is 0 Å². The summed E-state index contributed by atoms with van der Waals surface area (Å²) in [6.07, 6.45) is 3.25. The van der Waals surface area contributed by atoms with E-state index in [1.165, 1.54) is 4.90 Å². The SMILES string of the molecule is CCCCCN1CCN(c2c(F)c(F)c(F)c(F)c2F)CC1. The molecule has 0 radical (unpaired) electrons. The molecular weight excluding hydrogens is 303 g/mol. The highest BCUT2D eigenvalue weighted by Crippen LogP contribution is 2.30. The average Bonchev–Trinajstić information content (AvgIpc) is 2.53. The fraction of sp³-hybridized carbons (Fsp3) is 0.600. The van der Waals surface area contributed by atoms with E-state index in [0.717, 1.165) is 25.8 Å². The minimum Gasteiger partial charge on any atom is -0.364 e. The van der Waals surface area contributed by atoms with Gasteiger partial charge in [0.05, 0.1) is 0 Å². The number of anilines is 1. The first-order valence-corrected chi connectivity index (χ1v) is 7.46. The molecule has 0 amide bonds. The lowest BCUT2D eigenvalue weighted by molar-refractivity contribution is 0.250. The van der Waals surface area contributed by atoms with Crippen LogP contribution in [0.1, 0.15) is 26.2 Å². The lowest BCUT2D eigenvalue weighted by Gasteiger charge is -2.36. The number of rotatable bonds is 5. The Morgan fingerprint density at radius 2 is 1.23 bits per heavy atom. The molecule has 0 N–H and O–H groups in total. The number of benzene rings is 1. The number of unbranched alkanes of at least 4 members (excludes halogenated alkanes) is 2. The van der Waals surface area contributed by atoms with Crippen molar-refractivity contribution in [2.24, 2.45) is 0 Å². The van der Waals surface area contributed by atoms with Gasteiger partial charge in [-0.2, -0.15) is 0 Å². The number of hydrogen-bond acceptors (Lipinski definition) is 2. The van der Waals surface area contributed by atoms with Gasteiger partial charge in [-0.3, -0.25) is 4.90 Å². The van der Waals surface area contributed by atoms with E-state index in [2.05, 4.69) is 11.8 Å². The molecule has 22 heavy (non-hydrogen) atoms. The average molecular weight is 322 g/mol. The number of hydrogen-bond donors (Lipinski definition) is 0. The first kappa shape index (κ1) is 17.0. The standard InChI is InChI=1S/C15H19F5N2/c1-2-3-4-5-21-6-8-22(9-7-21)15-13(19)11(17)10(16)12(18)14(15)20/h2-9H2,1H3. The van der Waals surface area contributed by atoms with Crippen LogP contribution in [0.2, 0.25) is 0 Å². The predicted octanol–water partition coefficient (Wildman–Crippen LogP) is 3.69. The second-order valence-electron chi connectivity index (χ2n) is 5.45. The maximum Gasteiger partial charge on any atom is 0.200 e. The molecule has 124 valence electrons. The van der Waals surface area contributed by atoms with Crippen LogP contribution in [0.15, 0.2) is 0 Å². The molecule has 0 unspecified atom stereocenters. The largest absolute Gasteiger partial charge is 0.364 e. The van der Waals surface area contributed by atoms with E-state index in [-0.39, 0.29) is 13.1 Å². The molecule has 0 spiro atoms. The van der Waals surface area contributed by atoms with Crippen LogP contribution in [0.3, 0.4) is 0 Å². The van der Waals surface area contributed by atoms with Crippen LogP contribution in [-0.2, 0) is 0 Å². The maximum atomic E-state index is 13.8. The van der Waals surface area contributed by atoms with Crippen molar-refractivity contribution in [3.8, 4) is 0 Å².